The Bertz CT molecular complexity index is 1090. The van der Waals surface area contributed by atoms with Crippen molar-refractivity contribution in [3.63, 3.8) is 0 Å². The minimum Gasteiger partial charge on any atom is -0.311 e. The summed E-state index contributed by atoms with van der Waals surface area (Å²) in [6.07, 6.45) is -4.51. The van der Waals surface area contributed by atoms with Crippen LogP contribution in [0.1, 0.15) is 38.7 Å². The van der Waals surface area contributed by atoms with E-state index in [2.05, 4.69) is 15.7 Å². The summed E-state index contributed by atoms with van der Waals surface area (Å²) in [5, 5.41) is 11.3. The molecule has 2 N–H and O–H groups in total. The Morgan fingerprint density at radius 3 is 2.72 bits per heavy atom. The van der Waals surface area contributed by atoms with Gasteiger partial charge in [0.05, 0.1) is 11.1 Å². The van der Waals surface area contributed by atoms with Crippen molar-refractivity contribution < 1.29 is 22.8 Å². The SMILES string of the molecule is Cn1nc(NC(=O)c2ccccc2C(F)(F)F)c2c1NC(=O)C[C@@H]2c1cccs1. The third kappa shape index (κ3) is 3.51. The fraction of sp³-hybridized carbons (Fsp3) is 0.211. The third-order valence-electron chi connectivity index (χ3n) is 4.68. The van der Waals surface area contributed by atoms with E-state index in [1.165, 1.54) is 28.2 Å². The van der Waals surface area contributed by atoms with Crippen molar-refractivity contribution in [1.29, 1.82) is 0 Å². The van der Waals surface area contributed by atoms with E-state index in [4.69, 9.17) is 0 Å². The number of halogens is 3. The topological polar surface area (TPSA) is 76.0 Å². The van der Waals surface area contributed by atoms with Crippen LogP contribution in [0.3, 0.4) is 0 Å². The standard InChI is InChI=1S/C19H15F3N4O2S/c1-26-17-15(11(9-14(27)23-17)13-7-4-8-29-13)16(25-26)24-18(28)10-5-2-3-6-12(10)19(20,21)22/h2-8,11H,9H2,1H3,(H,23,27)(H,24,25,28)/t11-/m1/s1. The van der Waals surface area contributed by atoms with Crippen LogP contribution >= 0.6 is 11.3 Å². The highest BCUT2D eigenvalue weighted by Gasteiger charge is 2.37. The van der Waals surface area contributed by atoms with Crippen LogP contribution in [0.15, 0.2) is 41.8 Å². The minimum atomic E-state index is -4.66. The highest BCUT2D eigenvalue weighted by molar-refractivity contribution is 7.10. The Hall–Kier alpha value is -3.14. The number of aromatic nitrogens is 2. The second-order valence-electron chi connectivity index (χ2n) is 6.55. The number of benzene rings is 1. The molecule has 2 amide bonds. The van der Waals surface area contributed by atoms with Crippen LogP contribution in [-0.2, 0) is 18.0 Å². The molecule has 0 radical (unpaired) electrons. The summed E-state index contributed by atoms with van der Waals surface area (Å²) in [5.74, 6) is -0.914. The third-order valence-corrected chi connectivity index (χ3v) is 5.66. The van der Waals surface area contributed by atoms with E-state index in [9.17, 15) is 22.8 Å². The molecule has 10 heteroatoms. The predicted molar refractivity (Wildman–Crippen MR) is 102 cm³/mol. The van der Waals surface area contributed by atoms with E-state index in [0.717, 1.165) is 17.0 Å². The summed E-state index contributed by atoms with van der Waals surface area (Å²) in [6.45, 7) is 0. The lowest BCUT2D eigenvalue weighted by molar-refractivity contribution is -0.137. The van der Waals surface area contributed by atoms with Gasteiger partial charge in [0.25, 0.3) is 5.91 Å². The second kappa shape index (κ2) is 7.03. The molecule has 3 heterocycles. The van der Waals surface area contributed by atoms with Gasteiger partial charge in [-0.3, -0.25) is 14.3 Å². The van der Waals surface area contributed by atoms with Gasteiger partial charge in [0.15, 0.2) is 5.82 Å². The zero-order valence-electron chi connectivity index (χ0n) is 15.1. The van der Waals surface area contributed by atoms with E-state index in [1.54, 1.807) is 7.05 Å². The molecule has 4 rings (SSSR count). The molecule has 0 bridgehead atoms. The number of thiophene rings is 1. The van der Waals surface area contributed by atoms with Crippen molar-refractivity contribution in [2.24, 2.45) is 7.05 Å². The molecule has 1 atom stereocenters. The van der Waals surface area contributed by atoms with E-state index >= 15 is 0 Å². The molecule has 0 spiro atoms. The van der Waals surface area contributed by atoms with Gasteiger partial charge in [0.1, 0.15) is 5.82 Å². The van der Waals surface area contributed by atoms with Crippen LogP contribution in [0.5, 0.6) is 0 Å². The van der Waals surface area contributed by atoms with E-state index in [1.807, 2.05) is 17.5 Å². The van der Waals surface area contributed by atoms with Gasteiger partial charge in [-0.05, 0) is 23.6 Å². The Kier molecular flexibility index (Phi) is 4.65. The maximum absolute atomic E-state index is 13.3. The first-order valence-electron chi connectivity index (χ1n) is 8.63. The Labute approximate surface area is 167 Å². The molecule has 29 heavy (non-hydrogen) atoms. The van der Waals surface area contributed by atoms with E-state index in [0.29, 0.717) is 11.4 Å². The molecule has 0 fully saturated rings. The zero-order chi connectivity index (χ0) is 20.8. The number of hydrogen-bond donors (Lipinski definition) is 2. The van der Waals surface area contributed by atoms with Gasteiger partial charge in [0.2, 0.25) is 5.91 Å². The molecular weight excluding hydrogens is 405 g/mol. The highest BCUT2D eigenvalue weighted by atomic mass is 32.1. The zero-order valence-corrected chi connectivity index (χ0v) is 15.9. The van der Waals surface area contributed by atoms with E-state index in [-0.39, 0.29) is 24.1 Å². The summed E-state index contributed by atoms with van der Waals surface area (Å²) in [7, 11) is 1.59. The van der Waals surface area contributed by atoms with Crippen LogP contribution in [-0.4, -0.2) is 21.6 Å². The average Bonchev–Trinajstić information content (AvgIpc) is 3.30. The monoisotopic (exact) mass is 420 g/mol. The fourth-order valence-electron chi connectivity index (χ4n) is 3.42. The van der Waals surface area contributed by atoms with Crippen LogP contribution in [0, 0.1) is 0 Å². The lowest BCUT2D eigenvalue weighted by atomic mass is 9.92. The van der Waals surface area contributed by atoms with Gasteiger partial charge in [-0.1, -0.05) is 18.2 Å². The summed E-state index contributed by atoms with van der Waals surface area (Å²) >= 11 is 1.46. The smallest absolute Gasteiger partial charge is 0.311 e. The van der Waals surface area contributed by atoms with Crippen molar-refractivity contribution in [2.75, 3.05) is 10.6 Å². The summed E-state index contributed by atoms with van der Waals surface area (Å²) in [4.78, 5) is 25.7. The van der Waals surface area contributed by atoms with Crippen LogP contribution in [0.25, 0.3) is 0 Å². The van der Waals surface area contributed by atoms with Crippen molar-refractivity contribution >= 4 is 34.8 Å². The van der Waals surface area contributed by atoms with E-state index < -0.39 is 23.2 Å². The lowest BCUT2D eigenvalue weighted by Gasteiger charge is -2.23. The van der Waals surface area contributed by atoms with Gasteiger partial charge >= 0.3 is 6.18 Å². The van der Waals surface area contributed by atoms with Gasteiger partial charge in [-0.25, -0.2) is 0 Å². The molecule has 1 aliphatic heterocycles. The van der Waals surface area contributed by atoms with Gasteiger partial charge < -0.3 is 10.6 Å². The van der Waals surface area contributed by atoms with Crippen LogP contribution < -0.4 is 10.6 Å². The largest absolute Gasteiger partial charge is 0.417 e. The molecule has 0 aliphatic carbocycles. The molecule has 1 aliphatic rings. The number of carbonyl (C=O) groups excluding carboxylic acids is 2. The van der Waals surface area contributed by atoms with Gasteiger partial charge in [-0.2, -0.15) is 18.3 Å². The first kappa shape index (κ1) is 19.2. The summed E-state index contributed by atoms with van der Waals surface area (Å²) < 4.78 is 41.2. The molecule has 3 aromatic rings. The summed E-state index contributed by atoms with van der Waals surface area (Å²) in [6, 6.07) is 8.29. The summed E-state index contributed by atoms with van der Waals surface area (Å²) in [5.41, 5.74) is -0.940. The molecule has 0 unspecified atom stereocenters. The predicted octanol–water partition coefficient (Wildman–Crippen LogP) is 4.23. The van der Waals surface area contributed by atoms with Crippen molar-refractivity contribution in [2.45, 2.75) is 18.5 Å². The lowest BCUT2D eigenvalue weighted by Crippen LogP contribution is -2.25. The normalized spacial score (nSPS) is 16.3. The maximum atomic E-state index is 13.3. The number of carbonyl (C=O) groups is 2. The Morgan fingerprint density at radius 1 is 1.28 bits per heavy atom. The molecule has 150 valence electrons. The number of hydrogen-bond acceptors (Lipinski definition) is 4. The van der Waals surface area contributed by atoms with Crippen molar-refractivity contribution in [3.05, 3.63) is 63.3 Å². The number of alkyl halides is 3. The fourth-order valence-corrected chi connectivity index (χ4v) is 4.25. The second-order valence-corrected chi connectivity index (χ2v) is 7.53. The average molecular weight is 420 g/mol. The van der Waals surface area contributed by atoms with Gasteiger partial charge in [-0.15, -0.1) is 11.3 Å². The number of rotatable bonds is 3. The Balaban J connectivity index is 1.74. The molecule has 2 aromatic heterocycles. The minimum absolute atomic E-state index is 0.128. The molecule has 0 saturated carbocycles. The van der Waals surface area contributed by atoms with Crippen LogP contribution in [0.2, 0.25) is 0 Å². The van der Waals surface area contributed by atoms with Crippen molar-refractivity contribution in [3.8, 4) is 0 Å². The molecule has 1 aromatic carbocycles. The number of nitrogens with one attached hydrogen (secondary N) is 2. The molecular formula is C19H15F3N4O2S. The number of nitrogens with zero attached hydrogens (tertiary/aromatic N) is 2. The Morgan fingerprint density at radius 2 is 2.03 bits per heavy atom. The number of fused-ring (bicyclic) bond motifs is 1. The quantitative estimate of drug-likeness (QED) is 0.666. The molecule has 0 saturated heterocycles. The van der Waals surface area contributed by atoms with Gasteiger partial charge in [0, 0.05) is 29.8 Å². The first-order valence-corrected chi connectivity index (χ1v) is 9.51. The number of aryl methyl sites for hydroxylation is 1. The van der Waals surface area contributed by atoms with Crippen molar-refractivity contribution in [1.82, 2.24) is 9.78 Å². The molecule has 6 nitrogen and oxygen atoms in total. The number of anilines is 2. The van der Waals surface area contributed by atoms with Crippen LogP contribution in [0.4, 0.5) is 24.8 Å². The maximum Gasteiger partial charge on any atom is 0.417 e. The first-order chi connectivity index (χ1) is 13.8. The number of amides is 2. The highest BCUT2D eigenvalue weighted by Crippen LogP contribution is 2.43.